The molecule has 86 valence electrons. The molecule has 16 heavy (non-hydrogen) atoms. The summed E-state index contributed by atoms with van der Waals surface area (Å²) in [6.45, 7) is 5.77. The number of nitriles is 1. The molecule has 0 fully saturated rings. The Morgan fingerprint density at radius 3 is 2.44 bits per heavy atom. The monoisotopic (exact) mass is 217 g/mol. The summed E-state index contributed by atoms with van der Waals surface area (Å²) in [6.07, 6.45) is 0.558. The zero-order chi connectivity index (χ0) is 12.0. The number of benzene rings is 1. The first-order chi connectivity index (χ1) is 7.69. The maximum Gasteiger partial charge on any atom is 0.0640 e. The van der Waals surface area contributed by atoms with Crippen LogP contribution in [0.2, 0.25) is 0 Å². The fourth-order valence-corrected chi connectivity index (χ4v) is 1.64. The SMILES string of the molecule is CCN(CCC#N)c1ccc(C(C)N)cc1. The van der Waals surface area contributed by atoms with Gasteiger partial charge in [-0.1, -0.05) is 12.1 Å². The molecule has 2 N–H and O–H groups in total. The molecule has 3 nitrogen and oxygen atoms in total. The van der Waals surface area contributed by atoms with Crippen molar-refractivity contribution in [1.29, 1.82) is 5.26 Å². The predicted octanol–water partition coefficient (Wildman–Crippen LogP) is 2.45. The van der Waals surface area contributed by atoms with Crippen molar-refractivity contribution < 1.29 is 0 Å². The molecule has 0 aromatic heterocycles. The van der Waals surface area contributed by atoms with Crippen LogP contribution < -0.4 is 10.6 Å². The van der Waals surface area contributed by atoms with Crippen molar-refractivity contribution in [2.75, 3.05) is 18.0 Å². The van der Waals surface area contributed by atoms with E-state index in [0.29, 0.717) is 6.42 Å². The standard InChI is InChI=1S/C13H19N3/c1-3-16(10-4-9-14)13-7-5-12(6-8-13)11(2)15/h5-8,11H,3-4,10,15H2,1-2H3. The van der Waals surface area contributed by atoms with Crippen LogP contribution in [0.1, 0.15) is 31.9 Å². The van der Waals surface area contributed by atoms with E-state index in [2.05, 4.69) is 42.2 Å². The van der Waals surface area contributed by atoms with Crippen LogP contribution in [0.15, 0.2) is 24.3 Å². The summed E-state index contributed by atoms with van der Waals surface area (Å²) < 4.78 is 0. The molecule has 1 unspecified atom stereocenters. The van der Waals surface area contributed by atoms with E-state index in [4.69, 9.17) is 11.0 Å². The van der Waals surface area contributed by atoms with E-state index in [0.717, 1.165) is 24.3 Å². The minimum Gasteiger partial charge on any atom is -0.371 e. The summed E-state index contributed by atoms with van der Waals surface area (Å²) in [5.41, 5.74) is 8.09. The van der Waals surface area contributed by atoms with Gasteiger partial charge in [-0.05, 0) is 31.5 Å². The van der Waals surface area contributed by atoms with Crippen LogP contribution in [-0.4, -0.2) is 13.1 Å². The Kier molecular flexibility index (Phi) is 4.81. The van der Waals surface area contributed by atoms with Crippen molar-refractivity contribution in [2.45, 2.75) is 26.3 Å². The molecule has 0 aliphatic rings. The summed E-state index contributed by atoms with van der Waals surface area (Å²) >= 11 is 0. The Labute approximate surface area is 97.5 Å². The molecule has 0 aliphatic carbocycles. The molecule has 1 aromatic carbocycles. The molecular weight excluding hydrogens is 198 g/mol. The summed E-state index contributed by atoms with van der Waals surface area (Å²) in [5.74, 6) is 0. The smallest absolute Gasteiger partial charge is 0.0640 e. The average molecular weight is 217 g/mol. The lowest BCUT2D eigenvalue weighted by Crippen LogP contribution is -2.23. The Morgan fingerprint density at radius 1 is 1.38 bits per heavy atom. The second-order valence-corrected chi connectivity index (χ2v) is 3.87. The van der Waals surface area contributed by atoms with Crippen molar-refractivity contribution in [3.8, 4) is 6.07 Å². The number of nitrogens with zero attached hydrogens (tertiary/aromatic N) is 2. The van der Waals surface area contributed by atoms with E-state index in [9.17, 15) is 0 Å². The fourth-order valence-electron chi connectivity index (χ4n) is 1.64. The van der Waals surface area contributed by atoms with Crippen LogP contribution in [0.25, 0.3) is 0 Å². The molecule has 0 spiro atoms. The largest absolute Gasteiger partial charge is 0.371 e. The van der Waals surface area contributed by atoms with Crippen LogP contribution in [0, 0.1) is 11.3 Å². The van der Waals surface area contributed by atoms with E-state index in [1.807, 2.05) is 6.92 Å². The van der Waals surface area contributed by atoms with Gasteiger partial charge in [-0.3, -0.25) is 0 Å². The van der Waals surface area contributed by atoms with Gasteiger partial charge >= 0.3 is 0 Å². The van der Waals surface area contributed by atoms with E-state index in [-0.39, 0.29) is 6.04 Å². The molecular formula is C13H19N3. The summed E-state index contributed by atoms with van der Waals surface area (Å²) in [5, 5.41) is 8.58. The zero-order valence-corrected chi connectivity index (χ0v) is 9.98. The first-order valence-corrected chi connectivity index (χ1v) is 5.66. The van der Waals surface area contributed by atoms with Gasteiger partial charge in [0, 0.05) is 24.8 Å². The lowest BCUT2D eigenvalue weighted by molar-refractivity contribution is 0.809. The van der Waals surface area contributed by atoms with E-state index in [1.54, 1.807) is 0 Å². The van der Waals surface area contributed by atoms with Crippen LogP contribution in [0.3, 0.4) is 0 Å². The first kappa shape index (κ1) is 12.5. The van der Waals surface area contributed by atoms with Crippen molar-refractivity contribution in [3.63, 3.8) is 0 Å². The molecule has 0 bridgehead atoms. The second kappa shape index (κ2) is 6.14. The Morgan fingerprint density at radius 2 is 2.00 bits per heavy atom. The number of nitrogens with two attached hydrogens (primary N) is 1. The van der Waals surface area contributed by atoms with Crippen LogP contribution in [0.5, 0.6) is 0 Å². The number of hydrogen-bond acceptors (Lipinski definition) is 3. The van der Waals surface area contributed by atoms with Crippen LogP contribution in [0.4, 0.5) is 5.69 Å². The van der Waals surface area contributed by atoms with Crippen LogP contribution in [-0.2, 0) is 0 Å². The number of rotatable bonds is 5. The molecule has 1 atom stereocenters. The second-order valence-electron chi connectivity index (χ2n) is 3.87. The average Bonchev–Trinajstić information content (AvgIpc) is 2.30. The molecule has 0 amide bonds. The van der Waals surface area contributed by atoms with Gasteiger partial charge < -0.3 is 10.6 Å². The van der Waals surface area contributed by atoms with Crippen molar-refractivity contribution >= 4 is 5.69 Å². The fraction of sp³-hybridized carbons (Fsp3) is 0.462. The van der Waals surface area contributed by atoms with Gasteiger partial charge in [-0.25, -0.2) is 0 Å². The van der Waals surface area contributed by atoms with Gasteiger partial charge in [0.25, 0.3) is 0 Å². The Hall–Kier alpha value is -1.53. The van der Waals surface area contributed by atoms with Gasteiger partial charge in [0.2, 0.25) is 0 Å². The van der Waals surface area contributed by atoms with Crippen molar-refractivity contribution in [2.24, 2.45) is 5.73 Å². The lowest BCUT2D eigenvalue weighted by Gasteiger charge is -2.22. The highest BCUT2D eigenvalue weighted by Gasteiger charge is 2.04. The predicted molar refractivity (Wildman–Crippen MR) is 67.2 cm³/mol. The molecule has 0 radical (unpaired) electrons. The summed E-state index contributed by atoms with van der Waals surface area (Å²) in [6, 6.07) is 10.5. The quantitative estimate of drug-likeness (QED) is 0.824. The van der Waals surface area contributed by atoms with Gasteiger partial charge in [0.1, 0.15) is 0 Å². The highest BCUT2D eigenvalue weighted by molar-refractivity contribution is 5.47. The van der Waals surface area contributed by atoms with Crippen molar-refractivity contribution in [1.82, 2.24) is 0 Å². The van der Waals surface area contributed by atoms with Crippen molar-refractivity contribution in [3.05, 3.63) is 29.8 Å². The van der Waals surface area contributed by atoms with Crippen LogP contribution >= 0.6 is 0 Å². The molecule has 1 aromatic rings. The summed E-state index contributed by atoms with van der Waals surface area (Å²) in [4.78, 5) is 2.19. The maximum atomic E-state index is 8.58. The molecule has 0 aliphatic heterocycles. The minimum atomic E-state index is 0.0724. The highest BCUT2D eigenvalue weighted by Crippen LogP contribution is 2.18. The highest BCUT2D eigenvalue weighted by atomic mass is 15.1. The third-order valence-corrected chi connectivity index (χ3v) is 2.66. The summed E-state index contributed by atoms with van der Waals surface area (Å²) in [7, 11) is 0. The molecule has 0 saturated carbocycles. The molecule has 3 heteroatoms. The maximum absolute atomic E-state index is 8.58. The normalized spacial score (nSPS) is 11.9. The number of anilines is 1. The van der Waals surface area contributed by atoms with E-state index < -0.39 is 0 Å². The zero-order valence-electron chi connectivity index (χ0n) is 9.98. The van der Waals surface area contributed by atoms with E-state index in [1.165, 1.54) is 0 Å². The van der Waals surface area contributed by atoms with Gasteiger partial charge in [-0.15, -0.1) is 0 Å². The molecule has 0 heterocycles. The third kappa shape index (κ3) is 3.25. The number of hydrogen-bond donors (Lipinski definition) is 1. The van der Waals surface area contributed by atoms with E-state index >= 15 is 0 Å². The molecule has 0 saturated heterocycles. The third-order valence-electron chi connectivity index (χ3n) is 2.66. The van der Waals surface area contributed by atoms with Gasteiger partial charge in [0.15, 0.2) is 0 Å². The topological polar surface area (TPSA) is 53.0 Å². The van der Waals surface area contributed by atoms with Gasteiger partial charge in [-0.2, -0.15) is 5.26 Å². The minimum absolute atomic E-state index is 0.0724. The van der Waals surface area contributed by atoms with Gasteiger partial charge in [0.05, 0.1) is 12.5 Å². The Balaban J connectivity index is 2.75. The first-order valence-electron chi connectivity index (χ1n) is 5.66. The Bertz CT molecular complexity index is 348. The lowest BCUT2D eigenvalue weighted by atomic mass is 10.1. The molecule has 1 rings (SSSR count).